The highest BCUT2D eigenvalue weighted by Gasteiger charge is 2.31. The summed E-state index contributed by atoms with van der Waals surface area (Å²) in [5.74, 6) is 0.837. The molecular formula is C29H32F3N3O5S. The summed E-state index contributed by atoms with van der Waals surface area (Å²) in [5, 5.41) is 3.10. The van der Waals surface area contributed by atoms with Crippen LogP contribution in [0.1, 0.15) is 40.7 Å². The van der Waals surface area contributed by atoms with Crippen molar-refractivity contribution >= 4 is 27.3 Å². The molecule has 1 aliphatic rings. The molecule has 12 heteroatoms. The fourth-order valence-electron chi connectivity index (χ4n) is 4.65. The summed E-state index contributed by atoms with van der Waals surface area (Å²) in [5.41, 5.74) is 0.0595. The van der Waals surface area contributed by atoms with Crippen LogP contribution in [-0.4, -0.2) is 53.1 Å². The highest BCUT2D eigenvalue weighted by Crippen LogP contribution is 2.33. The Morgan fingerprint density at radius 3 is 2.34 bits per heavy atom. The topological polar surface area (TPSA) is 97.0 Å². The largest absolute Gasteiger partial charge is 0.493 e. The third-order valence-corrected chi connectivity index (χ3v) is 8.20. The van der Waals surface area contributed by atoms with Gasteiger partial charge in [-0.3, -0.25) is 9.52 Å². The third kappa shape index (κ3) is 7.43. The molecule has 0 bridgehead atoms. The molecule has 3 aromatic carbocycles. The number of halogens is 3. The molecule has 1 aliphatic heterocycles. The van der Waals surface area contributed by atoms with Gasteiger partial charge in [0.25, 0.3) is 15.9 Å². The van der Waals surface area contributed by atoms with Crippen molar-refractivity contribution < 1.29 is 35.9 Å². The number of sulfonamides is 1. The Hall–Kier alpha value is -3.93. The van der Waals surface area contributed by atoms with E-state index in [9.17, 15) is 26.4 Å². The number of ether oxygens (including phenoxy) is 2. The van der Waals surface area contributed by atoms with Gasteiger partial charge in [0.1, 0.15) is 4.90 Å². The van der Waals surface area contributed by atoms with E-state index in [2.05, 4.69) is 10.0 Å². The van der Waals surface area contributed by atoms with E-state index in [1.54, 1.807) is 17.0 Å². The van der Waals surface area contributed by atoms with E-state index in [1.807, 2.05) is 12.1 Å². The Balaban J connectivity index is 1.62. The van der Waals surface area contributed by atoms with Crippen molar-refractivity contribution in [3.63, 3.8) is 0 Å². The SMILES string of the molecule is COc1ccc(CCNc2ccc(C(=O)N3CCCCC3)cc2S(=O)(=O)Nc2cccc(C(F)(F)F)c2)cc1OC. The van der Waals surface area contributed by atoms with Gasteiger partial charge in [-0.05, 0) is 79.8 Å². The van der Waals surface area contributed by atoms with Crippen molar-refractivity contribution in [2.24, 2.45) is 0 Å². The van der Waals surface area contributed by atoms with Gasteiger partial charge in [0.05, 0.1) is 25.5 Å². The number of nitrogens with one attached hydrogen (secondary N) is 2. The van der Waals surface area contributed by atoms with Crippen LogP contribution in [0.5, 0.6) is 11.5 Å². The Morgan fingerprint density at radius 1 is 0.927 bits per heavy atom. The van der Waals surface area contributed by atoms with E-state index in [0.717, 1.165) is 43.0 Å². The lowest BCUT2D eigenvalue weighted by molar-refractivity contribution is -0.137. The Kier molecular flexibility index (Phi) is 9.31. The lowest BCUT2D eigenvalue weighted by atomic mass is 10.1. The number of alkyl halides is 3. The zero-order valence-corrected chi connectivity index (χ0v) is 23.6. The lowest BCUT2D eigenvalue weighted by Crippen LogP contribution is -2.35. The second-order valence-electron chi connectivity index (χ2n) is 9.61. The standard InChI is InChI=1S/C29H32F3N3O5S/c1-39-25-12-9-20(17-26(25)40-2)13-14-33-24-11-10-21(28(36)35-15-4-3-5-16-35)18-27(24)41(37,38)34-23-8-6-7-22(19-23)29(30,31)32/h6-12,17-19,33-34H,3-5,13-16H2,1-2H3. The van der Waals surface area contributed by atoms with Crippen molar-refractivity contribution in [1.82, 2.24) is 4.90 Å². The van der Waals surface area contributed by atoms with Gasteiger partial charge < -0.3 is 19.7 Å². The lowest BCUT2D eigenvalue weighted by Gasteiger charge is -2.27. The van der Waals surface area contributed by atoms with Gasteiger partial charge in [0.2, 0.25) is 0 Å². The molecule has 41 heavy (non-hydrogen) atoms. The predicted octanol–water partition coefficient (Wildman–Crippen LogP) is 5.80. The van der Waals surface area contributed by atoms with Crippen LogP contribution in [0, 0.1) is 0 Å². The molecule has 1 saturated heterocycles. The minimum atomic E-state index is -4.64. The summed E-state index contributed by atoms with van der Waals surface area (Å²) >= 11 is 0. The minimum Gasteiger partial charge on any atom is -0.493 e. The molecule has 0 aromatic heterocycles. The Bertz CT molecular complexity index is 1490. The first kappa shape index (κ1) is 30.0. The van der Waals surface area contributed by atoms with Crippen LogP contribution in [0.3, 0.4) is 0 Å². The van der Waals surface area contributed by atoms with Crippen molar-refractivity contribution in [3.8, 4) is 11.5 Å². The summed E-state index contributed by atoms with van der Waals surface area (Å²) in [6.07, 6.45) is -1.39. The molecule has 1 amide bonds. The van der Waals surface area contributed by atoms with Crippen LogP contribution in [-0.2, 0) is 22.6 Å². The molecule has 2 N–H and O–H groups in total. The average molecular weight is 592 g/mol. The van der Waals surface area contributed by atoms with E-state index in [4.69, 9.17) is 9.47 Å². The van der Waals surface area contributed by atoms with Gasteiger partial charge in [0, 0.05) is 30.9 Å². The van der Waals surface area contributed by atoms with Crippen molar-refractivity contribution in [1.29, 1.82) is 0 Å². The number of amides is 1. The number of nitrogens with zero attached hydrogens (tertiary/aromatic N) is 1. The second kappa shape index (κ2) is 12.7. The zero-order chi connectivity index (χ0) is 29.6. The highest BCUT2D eigenvalue weighted by atomic mass is 32.2. The first-order valence-electron chi connectivity index (χ1n) is 13.1. The molecule has 220 valence electrons. The van der Waals surface area contributed by atoms with Crippen molar-refractivity contribution in [2.75, 3.05) is 43.9 Å². The Morgan fingerprint density at radius 2 is 1.66 bits per heavy atom. The summed E-state index contributed by atoms with van der Waals surface area (Å²) in [6.45, 7) is 1.48. The van der Waals surface area contributed by atoms with E-state index < -0.39 is 21.8 Å². The molecule has 4 rings (SSSR count). The molecule has 1 fully saturated rings. The highest BCUT2D eigenvalue weighted by molar-refractivity contribution is 7.92. The maximum absolute atomic E-state index is 13.5. The van der Waals surface area contributed by atoms with Crippen LogP contribution in [0.25, 0.3) is 0 Å². The first-order chi connectivity index (χ1) is 19.5. The predicted molar refractivity (Wildman–Crippen MR) is 150 cm³/mol. The fourth-order valence-corrected chi connectivity index (χ4v) is 5.91. The minimum absolute atomic E-state index is 0.182. The molecule has 0 unspecified atom stereocenters. The number of likely N-dealkylation sites (tertiary alicyclic amines) is 1. The monoisotopic (exact) mass is 591 g/mol. The van der Waals surface area contributed by atoms with Crippen molar-refractivity contribution in [2.45, 2.75) is 36.8 Å². The summed E-state index contributed by atoms with van der Waals surface area (Å²) in [7, 11) is -1.33. The molecule has 0 spiro atoms. The van der Waals surface area contributed by atoms with E-state index >= 15 is 0 Å². The van der Waals surface area contributed by atoms with Gasteiger partial charge >= 0.3 is 6.18 Å². The van der Waals surface area contributed by atoms with E-state index in [-0.39, 0.29) is 27.7 Å². The van der Waals surface area contributed by atoms with E-state index in [0.29, 0.717) is 37.6 Å². The maximum Gasteiger partial charge on any atom is 0.416 e. The number of methoxy groups -OCH3 is 2. The number of rotatable bonds is 10. The molecule has 3 aromatic rings. The number of hydrogen-bond acceptors (Lipinski definition) is 6. The zero-order valence-electron chi connectivity index (χ0n) is 22.8. The molecule has 0 atom stereocenters. The van der Waals surface area contributed by atoms with Gasteiger partial charge in [0.15, 0.2) is 11.5 Å². The first-order valence-corrected chi connectivity index (χ1v) is 14.6. The summed E-state index contributed by atoms with van der Waals surface area (Å²) in [6, 6.07) is 13.7. The van der Waals surface area contributed by atoms with Gasteiger partial charge in [-0.2, -0.15) is 13.2 Å². The van der Waals surface area contributed by atoms with Gasteiger partial charge in [-0.25, -0.2) is 8.42 Å². The number of hydrogen-bond donors (Lipinski definition) is 2. The smallest absolute Gasteiger partial charge is 0.416 e. The van der Waals surface area contributed by atoms with Crippen LogP contribution < -0.4 is 19.5 Å². The number of carbonyl (C=O) groups is 1. The van der Waals surface area contributed by atoms with Crippen LogP contribution in [0.4, 0.5) is 24.5 Å². The normalized spacial score (nSPS) is 13.9. The fraction of sp³-hybridized carbons (Fsp3) is 0.345. The van der Waals surface area contributed by atoms with Crippen molar-refractivity contribution in [3.05, 3.63) is 77.4 Å². The molecule has 0 aliphatic carbocycles. The maximum atomic E-state index is 13.5. The quantitative estimate of drug-likeness (QED) is 0.309. The van der Waals surface area contributed by atoms with Crippen LogP contribution in [0.2, 0.25) is 0 Å². The summed E-state index contributed by atoms with van der Waals surface area (Å²) in [4.78, 5) is 14.6. The van der Waals surface area contributed by atoms with Crippen LogP contribution in [0.15, 0.2) is 65.6 Å². The second-order valence-corrected chi connectivity index (χ2v) is 11.3. The Labute approximate surface area is 237 Å². The van der Waals surface area contributed by atoms with Crippen LogP contribution >= 0.6 is 0 Å². The number of piperidine rings is 1. The average Bonchev–Trinajstić information content (AvgIpc) is 2.96. The molecule has 1 heterocycles. The van der Waals surface area contributed by atoms with Gasteiger partial charge in [-0.1, -0.05) is 12.1 Å². The molecule has 0 saturated carbocycles. The van der Waals surface area contributed by atoms with E-state index in [1.165, 1.54) is 32.4 Å². The number of carbonyl (C=O) groups excluding carboxylic acids is 1. The molecule has 8 nitrogen and oxygen atoms in total. The molecular weight excluding hydrogens is 559 g/mol. The molecule has 0 radical (unpaired) electrons. The number of benzene rings is 3. The number of anilines is 2. The third-order valence-electron chi connectivity index (χ3n) is 6.78. The summed E-state index contributed by atoms with van der Waals surface area (Å²) < 4.78 is 79.6. The van der Waals surface area contributed by atoms with Gasteiger partial charge in [-0.15, -0.1) is 0 Å².